The second kappa shape index (κ2) is 7.13. The summed E-state index contributed by atoms with van der Waals surface area (Å²) in [5, 5.41) is 0. The van der Waals surface area contributed by atoms with E-state index in [-0.39, 0.29) is 11.3 Å². The number of nitrogens with two attached hydrogens (primary N) is 1. The third-order valence-corrected chi connectivity index (χ3v) is 4.12. The van der Waals surface area contributed by atoms with E-state index in [2.05, 4.69) is 13.8 Å². The highest BCUT2D eigenvalue weighted by Crippen LogP contribution is 2.29. The van der Waals surface area contributed by atoms with Crippen molar-refractivity contribution >= 4 is 5.91 Å². The molecule has 18 heavy (non-hydrogen) atoms. The van der Waals surface area contributed by atoms with Crippen LogP contribution in [0.15, 0.2) is 0 Å². The van der Waals surface area contributed by atoms with Crippen LogP contribution in [0.3, 0.4) is 0 Å². The van der Waals surface area contributed by atoms with E-state index in [1.165, 1.54) is 32.1 Å². The first-order valence-corrected chi connectivity index (χ1v) is 7.38. The van der Waals surface area contributed by atoms with Crippen LogP contribution in [0.2, 0.25) is 0 Å². The van der Waals surface area contributed by atoms with Crippen LogP contribution in [-0.4, -0.2) is 30.9 Å². The third kappa shape index (κ3) is 5.38. The first kappa shape index (κ1) is 15.5. The predicted octanol–water partition coefficient (Wildman–Crippen LogP) is 2.79. The summed E-state index contributed by atoms with van der Waals surface area (Å²) >= 11 is 0. The lowest BCUT2D eigenvalue weighted by atomic mass is 9.93. The molecule has 0 radical (unpaired) electrons. The van der Waals surface area contributed by atoms with Crippen molar-refractivity contribution in [3.05, 3.63) is 0 Å². The van der Waals surface area contributed by atoms with Gasteiger partial charge in [0.15, 0.2) is 0 Å². The van der Waals surface area contributed by atoms with Crippen LogP contribution in [0, 0.1) is 11.3 Å². The van der Waals surface area contributed by atoms with Crippen molar-refractivity contribution in [2.24, 2.45) is 17.1 Å². The van der Waals surface area contributed by atoms with E-state index in [9.17, 15) is 4.79 Å². The Balaban J connectivity index is 2.18. The molecule has 1 rings (SSSR count). The summed E-state index contributed by atoms with van der Waals surface area (Å²) in [6.07, 6.45) is 8.53. The second-order valence-electron chi connectivity index (χ2n) is 6.66. The van der Waals surface area contributed by atoms with Gasteiger partial charge in [0.2, 0.25) is 5.91 Å². The Morgan fingerprint density at radius 1 is 1.33 bits per heavy atom. The zero-order valence-corrected chi connectivity index (χ0v) is 12.4. The molecule has 0 aromatic carbocycles. The number of rotatable bonds is 7. The van der Waals surface area contributed by atoms with E-state index < -0.39 is 0 Å². The maximum Gasteiger partial charge on any atom is 0.222 e. The van der Waals surface area contributed by atoms with Gasteiger partial charge in [-0.2, -0.15) is 0 Å². The van der Waals surface area contributed by atoms with Gasteiger partial charge in [0, 0.05) is 20.0 Å². The number of amides is 1. The largest absolute Gasteiger partial charge is 0.345 e. The maximum atomic E-state index is 12.0. The molecule has 106 valence electrons. The van der Waals surface area contributed by atoms with E-state index in [1.807, 2.05) is 11.9 Å². The summed E-state index contributed by atoms with van der Waals surface area (Å²) in [5.41, 5.74) is 5.72. The molecule has 0 spiro atoms. The van der Waals surface area contributed by atoms with E-state index in [0.29, 0.717) is 13.0 Å². The molecule has 3 heteroatoms. The summed E-state index contributed by atoms with van der Waals surface area (Å²) < 4.78 is 0. The molecule has 3 nitrogen and oxygen atoms in total. The predicted molar refractivity (Wildman–Crippen MR) is 76.3 cm³/mol. The molecule has 0 heterocycles. The van der Waals surface area contributed by atoms with Gasteiger partial charge >= 0.3 is 0 Å². The molecule has 0 aromatic rings. The van der Waals surface area contributed by atoms with E-state index >= 15 is 0 Å². The normalized spacial score (nSPS) is 17.1. The number of carbonyl (C=O) groups excluding carboxylic acids is 1. The second-order valence-corrected chi connectivity index (χ2v) is 6.66. The van der Waals surface area contributed by atoms with E-state index in [0.717, 1.165) is 18.9 Å². The van der Waals surface area contributed by atoms with Crippen LogP contribution >= 0.6 is 0 Å². The minimum atomic E-state index is 0.0237. The average Bonchev–Trinajstić information content (AvgIpc) is 2.81. The Morgan fingerprint density at radius 3 is 2.50 bits per heavy atom. The van der Waals surface area contributed by atoms with Crippen LogP contribution in [0.1, 0.15) is 58.8 Å². The quantitative estimate of drug-likeness (QED) is 0.759. The van der Waals surface area contributed by atoms with Gasteiger partial charge in [-0.25, -0.2) is 0 Å². The van der Waals surface area contributed by atoms with Gasteiger partial charge in [0.1, 0.15) is 0 Å². The zero-order chi connectivity index (χ0) is 13.6. The maximum absolute atomic E-state index is 12.0. The van der Waals surface area contributed by atoms with Gasteiger partial charge in [-0.1, -0.05) is 39.5 Å². The summed E-state index contributed by atoms with van der Waals surface area (Å²) in [6, 6.07) is 0. The molecule has 2 N–H and O–H groups in total. The van der Waals surface area contributed by atoms with Crippen LogP contribution in [-0.2, 0) is 4.79 Å². The van der Waals surface area contributed by atoms with Crippen LogP contribution < -0.4 is 5.73 Å². The molecule has 1 aliphatic carbocycles. The highest BCUT2D eigenvalue weighted by atomic mass is 16.2. The lowest BCUT2D eigenvalue weighted by Crippen LogP contribution is -2.39. The van der Waals surface area contributed by atoms with Crippen molar-refractivity contribution in [2.75, 3.05) is 20.1 Å². The third-order valence-electron chi connectivity index (χ3n) is 4.12. The van der Waals surface area contributed by atoms with Gasteiger partial charge in [-0.05, 0) is 30.7 Å². The van der Waals surface area contributed by atoms with Gasteiger partial charge in [0.25, 0.3) is 0 Å². The summed E-state index contributed by atoms with van der Waals surface area (Å²) in [4.78, 5) is 13.8. The smallest absolute Gasteiger partial charge is 0.222 e. The molecule has 0 unspecified atom stereocenters. The van der Waals surface area contributed by atoms with E-state index in [1.54, 1.807) is 0 Å². The molecule has 1 aliphatic rings. The van der Waals surface area contributed by atoms with Gasteiger partial charge in [-0.3, -0.25) is 4.79 Å². The summed E-state index contributed by atoms with van der Waals surface area (Å²) in [7, 11) is 1.90. The SMILES string of the molecule is CN(CC(C)(C)CN)C(=O)CCCC1CCCC1. The fraction of sp³-hybridized carbons (Fsp3) is 0.933. The number of hydrogen-bond acceptors (Lipinski definition) is 2. The highest BCUT2D eigenvalue weighted by Gasteiger charge is 2.21. The minimum absolute atomic E-state index is 0.0237. The molecule has 0 aromatic heterocycles. The number of nitrogens with zero attached hydrogens (tertiary/aromatic N) is 1. The summed E-state index contributed by atoms with van der Waals surface area (Å²) in [5.74, 6) is 1.16. The number of hydrogen-bond donors (Lipinski definition) is 1. The van der Waals surface area contributed by atoms with Crippen LogP contribution in [0.25, 0.3) is 0 Å². The van der Waals surface area contributed by atoms with Crippen LogP contribution in [0.4, 0.5) is 0 Å². The van der Waals surface area contributed by atoms with E-state index in [4.69, 9.17) is 5.73 Å². The summed E-state index contributed by atoms with van der Waals surface area (Å²) in [6.45, 7) is 5.59. The Morgan fingerprint density at radius 2 is 1.94 bits per heavy atom. The lowest BCUT2D eigenvalue weighted by molar-refractivity contribution is -0.131. The zero-order valence-electron chi connectivity index (χ0n) is 12.4. The minimum Gasteiger partial charge on any atom is -0.345 e. The first-order valence-electron chi connectivity index (χ1n) is 7.38. The van der Waals surface area contributed by atoms with Gasteiger partial charge in [0.05, 0.1) is 0 Å². The van der Waals surface area contributed by atoms with Crippen molar-refractivity contribution in [3.63, 3.8) is 0 Å². The van der Waals surface area contributed by atoms with Crippen molar-refractivity contribution < 1.29 is 4.79 Å². The molecule has 1 saturated carbocycles. The fourth-order valence-corrected chi connectivity index (χ4v) is 2.83. The average molecular weight is 254 g/mol. The standard InChI is InChI=1S/C15H30N2O/c1-15(2,11-16)12-17(3)14(18)10-6-9-13-7-4-5-8-13/h13H,4-12,16H2,1-3H3. The Kier molecular flexibility index (Phi) is 6.13. The molecule has 1 amide bonds. The van der Waals surface area contributed by atoms with Gasteiger partial charge in [-0.15, -0.1) is 0 Å². The molecular weight excluding hydrogens is 224 g/mol. The monoisotopic (exact) mass is 254 g/mol. The molecule has 1 fully saturated rings. The van der Waals surface area contributed by atoms with Crippen molar-refractivity contribution in [2.45, 2.75) is 58.8 Å². The molecule has 0 aliphatic heterocycles. The van der Waals surface area contributed by atoms with Crippen molar-refractivity contribution in [1.82, 2.24) is 4.90 Å². The Bertz CT molecular complexity index is 257. The van der Waals surface area contributed by atoms with Gasteiger partial charge < -0.3 is 10.6 Å². The fourth-order valence-electron chi connectivity index (χ4n) is 2.83. The molecule has 0 saturated heterocycles. The molecular formula is C15H30N2O. The Labute approximate surface area is 112 Å². The lowest BCUT2D eigenvalue weighted by Gasteiger charge is -2.29. The Hall–Kier alpha value is -0.570. The first-order chi connectivity index (χ1) is 8.44. The van der Waals surface area contributed by atoms with Crippen molar-refractivity contribution in [3.8, 4) is 0 Å². The topological polar surface area (TPSA) is 46.3 Å². The van der Waals surface area contributed by atoms with Crippen molar-refractivity contribution in [1.29, 1.82) is 0 Å². The molecule has 0 atom stereocenters. The van der Waals surface area contributed by atoms with Crippen LogP contribution in [0.5, 0.6) is 0 Å². The molecule has 0 bridgehead atoms. The number of carbonyl (C=O) groups is 1. The highest BCUT2D eigenvalue weighted by molar-refractivity contribution is 5.75.